The fourth-order valence-electron chi connectivity index (χ4n) is 3.02. The summed E-state index contributed by atoms with van der Waals surface area (Å²) >= 11 is 0. The summed E-state index contributed by atoms with van der Waals surface area (Å²) < 4.78 is 21.9. The molecule has 154 valence electrons. The highest BCUT2D eigenvalue weighted by Gasteiger charge is 2.15. The largest absolute Gasteiger partial charge is 0.493 e. The van der Waals surface area contributed by atoms with Crippen LogP contribution in [0.25, 0.3) is 6.08 Å². The van der Waals surface area contributed by atoms with Gasteiger partial charge in [-0.3, -0.25) is 4.79 Å². The van der Waals surface area contributed by atoms with Crippen molar-refractivity contribution in [1.29, 1.82) is 0 Å². The molecule has 0 spiro atoms. The van der Waals surface area contributed by atoms with Gasteiger partial charge in [-0.15, -0.1) is 0 Å². The van der Waals surface area contributed by atoms with Crippen LogP contribution in [0.5, 0.6) is 23.0 Å². The van der Waals surface area contributed by atoms with Crippen molar-refractivity contribution in [2.75, 3.05) is 20.4 Å². The van der Waals surface area contributed by atoms with Crippen LogP contribution in [0, 0.1) is 0 Å². The van der Waals surface area contributed by atoms with E-state index in [2.05, 4.69) is 0 Å². The summed E-state index contributed by atoms with van der Waals surface area (Å²) in [7, 11) is 1.60. The second-order valence-corrected chi connectivity index (χ2v) is 6.95. The zero-order valence-corrected chi connectivity index (χ0v) is 17.3. The molecular weight excluding hydrogens is 370 g/mol. The van der Waals surface area contributed by atoms with Crippen LogP contribution in [0.1, 0.15) is 31.9 Å². The van der Waals surface area contributed by atoms with E-state index in [1.54, 1.807) is 24.2 Å². The molecule has 2 aromatic carbocycles. The maximum atomic E-state index is 12.7. The zero-order valence-electron chi connectivity index (χ0n) is 17.3. The molecule has 1 aliphatic rings. The van der Waals surface area contributed by atoms with E-state index < -0.39 is 0 Å². The van der Waals surface area contributed by atoms with Gasteiger partial charge in [-0.2, -0.15) is 0 Å². The lowest BCUT2D eigenvalue weighted by Gasteiger charge is -2.19. The van der Waals surface area contributed by atoms with Gasteiger partial charge in [-0.1, -0.05) is 12.1 Å². The quantitative estimate of drug-likeness (QED) is 0.623. The molecule has 0 fully saturated rings. The first-order valence-corrected chi connectivity index (χ1v) is 9.70. The Morgan fingerprint density at radius 3 is 2.66 bits per heavy atom. The number of methoxy groups -OCH3 is 1. The molecule has 0 aromatic heterocycles. The van der Waals surface area contributed by atoms with Crippen molar-refractivity contribution in [2.24, 2.45) is 0 Å². The summed E-state index contributed by atoms with van der Waals surface area (Å²) in [6.45, 7) is 7.22. The monoisotopic (exact) mass is 397 g/mol. The van der Waals surface area contributed by atoms with Gasteiger partial charge in [0.1, 0.15) is 0 Å². The molecule has 0 radical (unpaired) electrons. The lowest BCUT2D eigenvalue weighted by Crippen LogP contribution is -2.28. The first-order valence-electron chi connectivity index (χ1n) is 9.70. The van der Waals surface area contributed by atoms with Gasteiger partial charge >= 0.3 is 0 Å². The van der Waals surface area contributed by atoms with Crippen LogP contribution >= 0.6 is 0 Å². The molecule has 0 bridgehead atoms. The predicted octanol–water partition coefficient (Wildman–Crippen LogP) is 4.27. The molecule has 0 unspecified atom stereocenters. The van der Waals surface area contributed by atoms with E-state index >= 15 is 0 Å². The van der Waals surface area contributed by atoms with E-state index in [0.29, 0.717) is 24.6 Å². The maximum absolute atomic E-state index is 12.7. The minimum Gasteiger partial charge on any atom is -0.493 e. The fourth-order valence-corrected chi connectivity index (χ4v) is 3.02. The average molecular weight is 397 g/mol. The Morgan fingerprint density at radius 2 is 1.93 bits per heavy atom. The predicted molar refractivity (Wildman–Crippen MR) is 111 cm³/mol. The van der Waals surface area contributed by atoms with Crippen LogP contribution in [-0.4, -0.2) is 37.4 Å². The molecule has 0 atom stereocenters. The molecule has 0 saturated heterocycles. The number of rotatable bonds is 8. The summed E-state index contributed by atoms with van der Waals surface area (Å²) in [5, 5.41) is 0. The van der Waals surface area contributed by atoms with Crippen molar-refractivity contribution in [3.05, 3.63) is 53.6 Å². The van der Waals surface area contributed by atoms with Crippen molar-refractivity contribution in [3.63, 3.8) is 0 Å². The second kappa shape index (κ2) is 9.37. The summed E-state index contributed by atoms with van der Waals surface area (Å²) in [5.74, 6) is 2.72. The Morgan fingerprint density at radius 1 is 1.14 bits per heavy atom. The van der Waals surface area contributed by atoms with Gasteiger partial charge in [0.25, 0.3) is 0 Å². The highest BCUT2D eigenvalue weighted by atomic mass is 16.7. The number of hydrogen-bond donors (Lipinski definition) is 0. The Kier molecular flexibility index (Phi) is 6.65. The average Bonchev–Trinajstić information content (AvgIpc) is 3.18. The molecule has 6 nitrogen and oxygen atoms in total. The Labute approximate surface area is 171 Å². The summed E-state index contributed by atoms with van der Waals surface area (Å²) in [6.07, 6.45) is 3.42. The maximum Gasteiger partial charge on any atom is 0.246 e. The topological polar surface area (TPSA) is 57.2 Å². The van der Waals surface area contributed by atoms with Gasteiger partial charge in [-0.25, -0.2) is 0 Å². The van der Waals surface area contributed by atoms with E-state index in [4.69, 9.17) is 18.9 Å². The SMILES string of the molecule is CCN(Cc1ccc2c(c1)OCO2)C(=O)/C=C/c1ccc(OC(C)C)c(OC)c1. The highest BCUT2D eigenvalue weighted by molar-refractivity contribution is 5.91. The molecular formula is C23H27NO5. The molecule has 3 rings (SSSR count). The van der Waals surface area contributed by atoms with E-state index in [1.807, 2.05) is 57.2 Å². The number of carbonyl (C=O) groups is 1. The molecule has 0 saturated carbocycles. The van der Waals surface area contributed by atoms with Gasteiger partial charge in [0, 0.05) is 19.2 Å². The van der Waals surface area contributed by atoms with Gasteiger partial charge < -0.3 is 23.8 Å². The Hall–Kier alpha value is -3.15. The van der Waals surface area contributed by atoms with Gasteiger partial charge in [0.05, 0.1) is 13.2 Å². The molecule has 6 heteroatoms. The van der Waals surface area contributed by atoms with Crippen LogP contribution in [0.15, 0.2) is 42.5 Å². The fraction of sp³-hybridized carbons (Fsp3) is 0.348. The number of ether oxygens (including phenoxy) is 4. The molecule has 0 N–H and O–H groups in total. The number of amides is 1. The highest BCUT2D eigenvalue weighted by Crippen LogP contribution is 2.33. The molecule has 29 heavy (non-hydrogen) atoms. The minimum absolute atomic E-state index is 0.0566. The third kappa shape index (κ3) is 5.22. The van der Waals surface area contributed by atoms with Crippen LogP contribution in [0.2, 0.25) is 0 Å². The summed E-state index contributed by atoms with van der Waals surface area (Å²) in [4.78, 5) is 14.4. The zero-order chi connectivity index (χ0) is 20.8. The third-order valence-corrected chi connectivity index (χ3v) is 4.47. The number of hydrogen-bond acceptors (Lipinski definition) is 5. The lowest BCUT2D eigenvalue weighted by atomic mass is 10.1. The first-order chi connectivity index (χ1) is 14.0. The Bertz CT molecular complexity index is 891. The molecule has 1 heterocycles. The smallest absolute Gasteiger partial charge is 0.246 e. The standard InChI is InChI=1S/C23H27NO5/c1-5-24(14-18-7-9-19-22(13-18)28-15-27-19)23(25)11-8-17-6-10-20(29-16(2)3)21(12-17)26-4/h6-13,16H,5,14-15H2,1-4H3/b11-8+. The number of nitrogens with zero attached hydrogens (tertiary/aromatic N) is 1. The van der Waals surface area contributed by atoms with Gasteiger partial charge in [0.15, 0.2) is 23.0 Å². The molecule has 0 aliphatic carbocycles. The van der Waals surface area contributed by atoms with E-state index in [9.17, 15) is 4.79 Å². The first kappa shape index (κ1) is 20.6. The lowest BCUT2D eigenvalue weighted by molar-refractivity contribution is -0.126. The number of carbonyl (C=O) groups excluding carboxylic acids is 1. The van der Waals surface area contributed by atoms with Gasteiger partial charge in [0.2, 0.25) is 12.7 Å². The van der Waals surface area contributed by atoms with Crippen molar-refractivity contribution < 1.29 is 23.7 Å². The van der Waals surface area contributed by atoms with Crippen LogP contribution in [-0.2, 0) is 11.3 Å². The number of fused-ring (bicyclic) bond motifs is 1. The third-order valence-electron chi connectivity index (χ3n) is 4.47. The van der Waals surface area contributed by atoms with E-state index in [-0.39, 0.29) is 18.8 Å². The van der Waals surface area contributed by atoms with Crippen LogP contribution in [0.4, 0.5) is 0 Å². The minimum atomic E-state index is -0.0633. The van der Waals surface area contributed by atoms with Crippen molar-refractivity contribution in [2.45, 2.75) is 33.4 Å². The summed E-state index contributed by atoms with van der Waals surface area (Å²) in [6, 6.07) is 11.4. The van der Waals surface area contributed by atoms with E-state index in [0.717, 1.165) is 22.6 Å². The second-order valence-electron chi connectivity index (χ2n) is 6.95. The van der Waals surface area contributed by atoms with Gasteiger partial charge in [-0.05, 0) is 62.2 Å². The summed E-state index contributed by atoms with van der Waals surface area (Å²) in [5.41, 5.74) is 1.86. The van der Waals surface area contributed by atoms with Crippen molar-refractivity contribution >= 4 is 12.0 Å². The molecule has 2 aromatic rings. The normalized spacial score (nSPS) is 12.4. The Balaban J connectivity index is 1.68. The molecule has 1 aliphatic heterocycles. The molecule has 1 amide bonds. The van der Waals surface area contributed by atoms with E-state index in [1.165, 1.54) is 0 Å². The number of benzene rings is 2. The van der Waals surface area contributed by atoms with Crippen LogP contribution in [0.3, 0.4) is 0 Å². The van der Waals surface area contributed by atoms with Crippen LogP contribution < -0.4 is 18.9 Å². The van der Waals surface area contributed by atoms with Crippen molar-refractivity contribution in [3.8, 4) is 23.0 Å². The number of likely N-dealkylation sites (N-methyl/N-ethyl adjacent to an activating group) is 1. The van der Waals surface area contributed by atoms with Crippen molar-refractivity contribution in [1.82, 2.24) is 4.90 Å².